The summed E-state index contributed by atoms with van der Waals surface area (Å²) in [5.41, 5.74) is 3.79. The number of hydrogen-bond donors (Lipinski definition) is 0. The molecule has 1 fully saturated rings. The monoisotopic (exact) mass is 428 g/mol. The first-order valence-corrected chi connectivity index (χ1v) is 10.6. The highest BCUT2D eigenvalue weighted by atomic mass is 16.1. The van der Waals surface area contributed by atoms with Crippen LogP contribution >= 0.6 is 0 Å². The summed E-state index contributed by atoms with van der Waals surface area (Å²) in [6.45, 7) is 3.79. The number of pyridine rings is 1. The lowest BCUT2D eigenvalue weighted by atomic mass is 10.0. The highest BCUT2D eigenvalue weighted by Crippen LogP contribution is 2.22. The first-order chi connectivity index (χ1) is 15.5. The first-order valence-electron chi connectivity index (χ1n) is 10.6. The topological polar surface area (TPSA) is 92.9 Å². The zero-order chi connectivity index (χ0) is 22.1. The molecular weight excluding hydrogens is 404 g/mol. The predicted octanol–water partition coefficient (Wildman–Crippen LogP) is 2.00. The number of fused-ring (bicyclic) bond motifs is 1. The quantitative estimate of drug-likeness (QED) is 0.446. The lowest BCUT2D eigenvalue weighted by molar-refractivity contribution is 0.0991. The molecule has 1 aromatic carbocycles. The number of piperazine rings is 1. The zero-order valence-electron chi connectivity index (χ0n) is 18.1. The fourth-order valence-electron chi connectivity index (χ4n) is 3.88. The normalized spacial score (nSPS) is 14.8. The van der Waals surface area contributed by atoms with Gasteiger partial charge < -0.3 is 9.80 Å². The highest BCUT2D eigenvalue weighted by molar-refractivity contribution is 5.98. The Morgan fingerprint density at radius 1 is 0.969 bits per heavy atom. The van der Waals surface area contributed by atoms with Gasteiger partial charge in [0.05, 0.1) is 23.8 Å². The summed E-state index contributed by atoms with van der Waals surface area (Å²) in [6, 6.07) is 11.4. The molecule has 4 aromatic rings. The molecule has 162 valence electrons. The van der Waals surface area contributed by atoms with Gasteiger partial charge in [0.15, 0.2) is 5.78 Å². The average molecular weight is 429 g/mol. The van der Waals surface area contributed by atoms with Crippen molar-refractivity contribution in [2.24, 2.45) is 7.05 Å². The molecule has 0 atom stereocenters. The van der Waals surface area contributed by atoms with Crippen LogP contribution < -0.4 is 4.90 Å². The minimum Gasteiger partial charge on any atom is -0.354 e. The Hall–Kier alpha value is -3.72. The van der Waals surface area contributed by atoms with Gasteiger partial charge in [0.1, 0.15) is 11.5 Å². The minimum atomic E-state index is 0.00140. The fraction of sp³-hybridized carbons (Fsp3) is 0.304. The summed E-state index contributed by atoms with van der Waals surface area (Å²) in [5, 5.41) is 17.6. The lowest BCUT2D eigenvalue weighted by Crippen LogP contribution is -2.44. The predicted molar refractivity (Wildman–Crippen MR) is 122 cm³/mol. The molecule has 0 unspecified atom stereocenters. The van der Waals surface area contributed by atoms with Gasteiger partial charge in [0.25, 0.3) is 0 Å². The number of likely N-dealkylation sites (N-methyl/N-ethyl adjacent to an activating group) is 1. The van der Waals surface area contributed by atoms with E-state index in [1.54, 1.807) is 16.9 Å². The van der Waals surface area contributed by atoms with Gasteiger partial charge in [-0.2, -0.15) is 10.2 Å². The van der Waals surface area contributed by atoms with Gasteiger partial charge in [-0.05, 0) is 37.4 Å². The third kappa shape index (κ3) is 4.19. The van der Waals surface area contributed by atoms with Crippen molar-refractivity contribution in [3.8, 4) is 11.3 Å². The summed E-state index contributed by atoms with van der Waals surface area (Å²) in [4.78, 5) is 22.0. The molecule has 5 rings (SSSR count). The molecule has 4 heterocycles. The van der Waals surface area contributed by atoms with E-state index in [9.17, 15) is 4.79 Å². The molecule has 1 saturated heterocycles. The molecule has 0 radical (unpaired) electrons. The van der Waals surface area contributed by atoms with Gasteiger partial charge >= 0.3 is 0 Å². The van der Waals surface area contributed by atoms with Crippen molar-refractivity contribution < 1.29 is 4.79 Å². The molecule has 1 aliphatic heterocycles. The minimum absolute atomic E-state index is 0.00140. The third-order valence-corrected chi connectivity index (χ3v) is 5.77. The van der Waals surface area contributed by atoms with E-state index in [2.05, 4.69) is 42.3 Å². The second kappa shape index (κ2) is 8.43. The molecular formula is C23H24N8O. The molecule has 0 aliphatic carbocycles. The Balaban J connectivity index is 1.36. The molecule has 0 amide bonds. The summed E-state index contributed by atoms with van der Waals surface area (Å²) in [5.74, 6) is 0.851. The Labute approximate surface area is 185 Å². The second-order valence-corrected chi connectivity index (χ2v) is 8.18. The molecule has 0 saturated carbocycles. The van der Waals surface area contributed by atoms with Crippen molar-refractivity contribution in [1.29, 1.82) is 0 Å². The van der Waals surface area contributed by atoms with E-state index in [0.717, 1.165) is 54.2 Å². The van der Waals surface area contributed by atoms with E-state index in [-0.39, 0.29) is 12.2 Å². The van der Waals surface area contributed by atoms with Crippen LogP contribution in [-0.2, 0) is 13.5 Å². The number of aromatic nitrogens is 6. The molecule has 32 heavy (non-hydrogen) atoms. The van der Waals surface area contributed by atoms with Gasteiger partial charge in [-0.25, -0.2) is 4.98 Å². The Bertz CT molecular complexity index is 1280. The van der Waals surface area contributed by atoms with Crippen molar-refractivity contribution in [1.82, 2.24) is 35.1 Å². The maximum Gasteiger partial charge on any atom is 0.169 e. The van der Waals surface area contributed by atoms with Crippen LogP contribution in [0.25, 0.3) is 22.2 Å². The van der Waals surface area contributed by atoms with Crippen LogP contribution in [0.2, 0.25) is 0 Å². The van der Waals surface area contributed by atoms with Crippen molar-refractivity contribution in [3.05, 3.63) is 60.0 Å². The number of hydrogen-bond acceptors (Lipinski definition) is 8. The average Bonchev–Trinajstić information content (AvgIpc) is 3.25. The Morgan fingerprint density at radius 2 is 1.81 bits per heavy atom. The van der Waals surface area contributed by atoms with Gasteiger partial charge in [-0.1, -0.05) is 11.3 Å². The van der Waals surface area contributed by atoms with Gasteiger partial charge in [-0.15, -0.1) is 5.10 Å². The summed E-state index contributed by atoms with van der Waals surface area (Å²) >= 11 is 0. The maximum absolute atomic E-state index is 13.0. The standard InChI is InChI=1S/C23H24N8O/c1-29-7-9-31(10-8-29)23-13-17(5-6-24-23)22(32)14-19-12-18-11-16(3-4-20(18)26-25-19)21-15-30(2)28-27-21/h3-6,11-13,15H,7-10,14H2,1-2H3. The van der Waals surface area contributed by atoms with Crippen LogP contribution in [-0.4, -0.2) is 74.1 Å². The van der Waals surface area contributed by atoms with Crippen LogP contribution in [0.3, 0.4) is 0 Å². The number of ketones is 1. The number of benzene rings is 1. The van der Waals surface area contributed by atoms with Crippen molar-refractivity contribution >= 4 is 22.5 Å². The van der Waals surface area contributed by atoms with Crippen LogP contribution in [0.1, 0.15) is 16.1 Å². The Kier molecular flexibility index (Phi) is 5.32. The highest BCUT2D eigenvalue weighted by Gasteiger charge is 2.17. The van der Waals surface area contributed by atoms with E-state index in [0.29, 0.717) is 11.3 Å². The first kappa shape index (κ1) is 20.2. The number of aryl methyl sites for hydroxylation is 1. The number of carbonyl (C=O) groups excluding carboxylic acids is 1. The second-order valence-electron chi connectivity index (χ2n) is 8.18. The van der Waals surface area contributed by atoms with Crippen LogP contribution in [0.5, 0.6) is 0 Å². The molecule has 0 spiro atoms. The summed E-state index contributed by atoms with van der Waals surface area (Å²) < 4.78 is 1.67. The maximum atomic E-state index is 13.0. The van der Waals surface area contributed by atoms with E-state index < -0.39 is 0 Å². The van der Waals surface area contributed by atoms with E-state index in [4.69, 9.17) is 0 Å². The van der Waals surface area contributed by atoms with Crippen LogP contribution in [0.4, 0.5) is 5.82 Å². The number of rotatable bonds is 5. The molecule has 1 aliphatic rings. The van der Waals surface area contributed by atoms with Gasteiger partial charge in [0, 0.05) is 55.9 Å². The van der Waals surface area contributed by atoms with E-state index in [1.165, 1.54) is 0 Å². The molecule has 9 heteroatoms. The largest absolute Gasteiger partial charge is 0.354 e. The summed E-state index contributed by atoms with van der Waals surface area (Å²) in [7, 11) is 3.95. The molecule has 3 aromatic heterocycles. The number of anilines is 1. The van der Waals surface area contributed by atoms with Gasteiger partial charge in [-0.3, -0.25) is 9.48 Å². The van der Waals surface area contributed by atoms with E-state index >= 15 is 0 Å². The zero-order valence-corrected chi connectivity index (χ0v) is 18.1. The third-order valence-electron chi connectivity index (χ3n) is 5.77. The molecule has 0 bridgehead atoms. The molecule has 0 N–H and O–H groups in total. The van der Waals surface area contributed by atoms with Crippen LogP contribution in [0.15, 0.2) is 48.8 Å². The van der Waals surface area contributed by atoms with Crippen LogP contribution in [0, 0.1) is 0 Å². The number of carbonyl (C=O) groups is 1. The SMILES string of the molecule is CN1CCN(c2cc(C(=O)Cc3cc4cc(-c5cn(C)nn5)ccc4nn3)ccn2)CC1. The van der Waals surface area contributed by atoms with Crippen molar-refractivity contribution in [2.75, 3.05) is 38.1 Å². The molecule has 9 nitrogen and oxygen atoms in total. The fourth-order valence-corrected chi connectivity index (χ4v) is 3.88. The van der Waals surface area contributed by atoms with Crippen molar-refractivity contribution in [3.63, 3.8) is 0 Å². The summed E-state index contributed by atoms with van der Waals surface area (Å²) in [6.07, 6.45) is 3.76. The van der Waals surface area contributed by atoms with Gasteiger partial charge in [0.2, 0.25) is 0 Å². The Morgan fingerprint density at radius 3 is 2.59 bits per heavy atom. The number of Topliss-reactive ketones (excluding diaryl/α,β-unsaturated/α-hetero) is 1. The lowest BCUT2D eigenvalue weighted by Gasteiger charge is -2.33. The van der Waals surface area contributed by atoms with Crippen molar-refractivity contribution in [2.45, 2.75) is 6.42 Å². The van der Waals surface area contributed by atoms with E-state index in [1.807, 2.05) is 43.6 Å². The number of nitrogens with zero attached hydrogens (tertiary/aromatic N) is 8. The smallest absolute Gasteiger partial charge is 0.169 e.